The van der Waals surface area contributed by atoms with Gasteiger partial charge in [-0.25, -0.2) is 0 Å². The minimum Gasteiger partial charge on any atom is -0.497 e. The van der Waals surface area contributed by atoms with Crippen LogP contribution in [0.5, 0.6) is 5.75 Å². The summed E-state index contributed by atoms with van der Waals surface area (Å²) in [6, 6.07) is 8.46. The van der Waals surface area contributed by atoms with E-state index in [0.717, 1.165) is 0 Å². The van der Waals surface area contributed by atoms with E-state index in [2.05, 4.69) is 0 Å². The SMILES string of the molecule is COc1ccc([C@H](O)C#N)cc1. The van der Waals surface area contributed by atoms with Gasteiger partial charge in [0, 0.05) is 0 Å². The molecule has 0 spiro atoms. The van der Waals surface area contributed by atoms with Gasteiger partial charge in [0.1, 0.15) is 5.75 Å². The molecule has 0 radical (unpaired) electrons. The molecule has 0 saturated carbocycles. The summed E-state index contributed by atoms with van der Waals surface area (Å²) in [5, 5.41) is 17.5. The first-order valence-corrected chi connectivity index (χ1v) is 3.49. The summed E-state index contributed by atoms with van der Waals surface area (Å²) >= 11 is 0. The number of ether oxygens (including phenoxy) is 1. The van der Waals surface area contributed by atoms with E-state index >= 15 is 0 Å². The normalized spacial score (nSPS) is 11.8. The first-order chi connectivity index (χ1) is 5.77. The average Bonchev–Trinajstić information content (AvgIpc) is 2.17. The summed E-state index contributed by atoms with van der Waals surface area (Å²) in [5.74, 6) is 0.712. The highest BCUT2D eigenvalue weighted by atomic mass is 16.5. The molecular weight excluding hydrogens is 154 g/mol. The Morgan fingerprint density at radius 2 is 2.00 bits per heavy atom. The lowest BCUT2D eigenvalue weighted by molar-refractivity contribution is 0.236. The van der Waals surface area contributed by atoms with E-state index in [0.29, 0.717) is 11.3 Å². The molecule has 0 saturated heterocycles. The fourth-order valence-electron chi connectivity index (χ4n) is 0.861. The second-order valence-corrected chi connectivity index (χ2v) is 2.30. The van der Waals surface area contributed by atoms with Crippen LogP contribution in [0.25, 0.3) is 0 Å². The molecule has 62 valence electrons. The summed E-state index contributed by atoms with van der Waals surface area (Å²) in [7, 11) is 1.57. The van der Waals surface area contributed by atoms with Crippen molar-refractivity contribution in [1.82, 2.24) is 0 Å². The van der Waals surface area contributed by atoms with E-state index < -0.39 is 6.10 Å². The van der Waals surface area contributed by atoms with Crippen molar-refractivity contribution >= 4 is 0 Å². The Kier molecular flexibility index (Phi) is 2.67. The van der Waals surface area contributed by atoms with E-state index in [4.69, 9.17) is 15.1 Å². The van der Waals surface area contributed by atoms with Crippen molar-refractivity contribution in [2.24, 2.45) is 0 Å². The van der Waals surface area contributed by atoms with E-state index in [-0.39, 0.29) is 0 Å². The monoisotopic (exact) mass is 163 g/mol. The summed E-state index contributed by atoms with van der Waals surface area (Å²) in [5.41, 5.74) is 0.582. The molecule has 0 aromatic heterocycles. The molecule has 0 unspecified atom stereocenters. The fourth-order valence-corrected chi connectivity index (χ4v) is 0.861. The van der Waals surface area contributed by atoms with Gasteiger partial charge >= 0.3 is 0 Å². The van der Waals surface area contributed by atoms with Crippen LogP contribution in [-0.4, -0.2) is 12.2 Å². The maximum Gasteiger partial charge on any atom is 0.165 e. The van der Waals surface area contributed by atoms with Crippen LogP contribution in [0.4, 0.5) is 0 Å². The van der Waals surface area contributed by atoms with Crippen LogP contribution in [-0.2, 0) is 0 Å². The second kappa shape index (κ2) is 3.74. The molecule has 0 bridgehead atoms. The first-order valence-electron chi connectivity index (χ1n) is 3.49. The minimum atomic E-state index is -1.05. The third-order valence-electron chi connectivity index (χ3n) is 1.55. The molecule has 3 nitrogen and oxygen atoms in total. The minimum absolute atomic E-state index is 0.582. The van der Waals surface area contributed by atoms with Gasteiger partial charge in [0.15, 0.2) is 6.10 Å². The molecule has 1 atom stereocenters. The van der Waals surface area contributed by atoms with E-state index in [9.17, 15) is 0 Å². The van der Waals surface area contributed by atoms with Crippen molar-refractivity contribution in [3.63, 3.8) is 0 Å². The molecule has 0 aliphatic rings. The molecule has 0 amide bonds. The Balaban J connectivity index is 2.86. The molecule has 1 N–H and O–H groups in total. The largest absolute Gasteiger partial charge is 0.497 e. The highest BCUT2D eigenvalue weighted by Crippen LogP contribution is 2.16. The van der Waals surface area contributed by atoms with Gasteiger partial charge in [-0.15, -0.1) is 0 Å². The van der Waals surface area contributed by atoms with Crippen LogP contribution < -0.4 is 4.74 Å². The number of nitriles is 1. The van der Waals surface area contributed by atoms with Gasteiger partial charge < -0.3 is 9.84 Å². The third kappa shape index (κ3) is 1.74. The predicted molar refractivity (Wildman–Crippen MR) is 43.6 cm³/mol. The van der Waals surface area contributed by atoms with Crippen LogP contribution >= 0.6 is 0 Å². The molecule has 1 rings (SSSR count). The highest BCUT2D eigenvalue weighted by molar-refractivity contribution is 5.30. The van der Waals surface area contributed by atoms with E-state index in [1.54, 1.807) is 37.4 Å². The quantitative estimate of drug-likeness (QED) is 0.667. The molecule has 1 aromatic rings. The molecule has 12 heavy (non-hydrogen) atoms. The van der Waals surface area contributed by atoms with Crippen molar-refractivity contribution < 1.29 is 9.84 Å². The molecule has 3 heteroatoms. The van der Waals surface area contributed by atoms with Crippen LogP contribution in [0.1, 0.15) is 11.7 Å². The fraction of sp³-hybridized carbons (Fsp3) is 0.222. The Bertz CT molecular complexity index is 286. The maximum atomic E-state index is 9.09. The zero-order chi connectivity index (χ0) is 8.97. The number of methoxy groups -OCH3 is 1. The molecule has 1 aromatic carbocycles. The van der Waals surface area contributed by atoms with Gasteiger partial charge in [-0.1, -0.05) is 12.1 Å². The Hall–Kier alpha value is -1.53. The zero-order valence-corrected chi connectivity index (χ0v) is 6.69. The lowest BCUT2D eigenvalue weighted by atomic mass is 10.1. The molecular formula is C9H9NO2. The Morgan fingerprint density at radius 3 is 2.42 bits per heavy atom. The number of aliphatic hydroxyl groups is 1. The standard InChI is InChI=1S/C9H9NO2/c1-12-8-4-2-7(3-5-8)9(11)6-10/h2-5,9,11H,1H3/t9-/m1/s1. The number of aliphatic hydroxyl groups excluding tert-OH is 1. The first kappa shape index (κ1) is 8.57. The van der Waals surface area contributed by atoms with E-state index in [1.807, 2.05) is 0 Å². The average molecular weight is 163 g/mol. The van der Waals surface area contributed by atoms with Gasteiger partial charge in [0.25, 0.3) is 0 Å². The van der Waals surface area contributed by atoms with Crippen molar-refractivity contribution in [1.29, 1.82) is 5.26 Å². The van der Waals surface area contributed by atoms with Gasteiger partial charge in [0.2, 0.25) is 0 Å². The van der Waals surface area contributed by atoms with E-state index in [1.165, 1.54) is 0 Å². The molecule has 0 heterocycles. The number of benzene rings is 1. The van der Waals surface area contributed by atoms with Crippen LogP contribution in [0.3, 0.4) is 0 Å². The van der Waals surface area contributed by atoms with Crippen molar-refractivity contribution in [3.05, 3.63) is 29.8 Å². The number of rotatable bonds is 2. The van der Waals surface area contributed by atoms with Crippen molar-refractivity contribution in [2.75, 3.05) is 7.11 Å². The van der Waals surface area contributed by atoms with Gasteiger partial charge in [-0.3, -0.25) is 0 Å². The van der Waals surface area contributed by atoms with Crippen molar-refractivity contribution in [2.45, 2.75) is 6.10 Å². The van der Waals surface area contributed by atoms with Gasteiger partial charge in [0.05, 0.1) is 13.2 Å². The summed E-state index contributed by atoms with van der Waals surface area (Å²) in [6.07, 6.45) is -1.05. The highest BCUT2D eigenvalue weighted by Gasteiger charge is 2.03. The number of hydrogen-bond donors (Lipinski definition) is 1. The summed E-state index contributed by atoms with van der Waals surface area (Å²) < 4.78 is 4.92. The number of hydrogen-bond acceptors (Lipinski definition) is 3. The van der Waals surface area contributed by atoms with Gasteiger partial charge in [-0.05, 0) is 17.7 Å². The second-order valence-electron chi connectivity index (χ2n) is 2.30. The molecule has 0 aliphatic carbocycles. The lowest BCUT2D eigenvalue weighted by Crippen LogP contribution is -1.92. The van der Waals surface area contributed by atoms with Crippen LogP contribution in [0.15, 0.2) is 24.3 Å². The predicted octanol–water partition coefficient (Wildman–Crippen LogP) is 1.25. The Morgan fingerprint density at radius 1 is 1.42 bits per heavy atom. The van der Waals surface area contributed by atoms with Crippen LogP contribution in [0.2, 0.25) is 0 Å². The molecule has 0 fully saturated rings. The Labute approximate surface area is 70.8 Å². The van der Waals surface area contributed by atoms with Gasteiger partial charge in [-0.2, -0.15) is 5.26 Å². The van der Waals surface area contributed by atoms with Crippen LogP contribution in [0, 0.1) is 11.3 Å². The molecule has 0 aliphatic heterocycles. The van der Waals surface area contributed by atoms with Crippen molar-refractivity contribution in [3.8, 4) is 11.8 Å². The lowest BCUT2D eigenvalue weighted by Gasteiger charge is -2.02. The topological polar surface area (TPSA) is 53.2 Å². The number of nitrogens with zero attached hydrogens (tertiary/aromatic N) is 1. The third-order valence-corrected chi connectivity index (χ3v) is 1.55. The smallest absolute Gasteiger partial charge is 0.165 e. The maximum absolute atomic E-state index is 9.09. The summed E-state index contributed by atoms with van der Waals surface area (Å²) in [6.45, 7) is 0. The summed E-state index contributed by atoms with van der Waals surface area (Å²) in [4.78, 5) is 0. The zero-order valence-electron chi connectivity index (χ0n) is 6.69.